The molecule has 6 heteroatoms. The second-order valence-electron chi connectivity index (χ2n) is 7.66. The lowest BCUT2D eigenvalue weighted by atomic mass is 9.99. The van der Waals surface area contributed by atoms with Crippen molar-refractivity contribution in [3.63, 3.8) is 0 Å². The molecular weight excluding hydrogens is 366 g/mol. The quantitative estimate of drug-likeness (QED) is 0.618. The summed E-state index contributed by atoms with van der Waals surface area (Å²) >= 11 is 0. The number of hydrogen-bond donors (Lipinski definition) is 2. The molecule has 1 fully saturated rings. The number of aromatic amines is 1. The Morgan fingerprint density at radius 3 is 2.52 bits per heavy atom. The molecule has 2 heterocycles. The highest BCUT2D eigenvalue weighted by atomic mass is 16.5. The number of nitrogens with zero attached hydrogens (tertiary/aromatic N) is 1. The number of aromatic nitrogens is 1. The number of carbonyl (C=O) groups is 2. The van der Waals surface area contributed by atoms with Gasteiger partial charge in [-0.15, -0.1) is 0 Å². The molecule has 4 rings (SSSR count). The van der Waals surface area contributed by atoms with Crippen molar-refractivity contribution in [2.45, 2.75) is 32.2 Å². The summed E-state index contributed by atoms with van der Waals surface area (Å²) < 4.78 is 5.34. The Bertz CT molecular complexity index is 1050. The molecule has 1 aliphatic heterocycles. The summed E-state index contributed by atoms with van der Waals surface area (Å²) in [6, 6.07) is 12.8. The standard InChI is InChI=1S/C23H25N3O3/c1-14(2)15-4-6-16(7-5-15)25-23(28)22(26-11-10-21(26)27)19-13-24-20-9-8-17(29-3)12-18(19)20/h4-9,12-14,22,24H,10-11H2,1-3H3,(H,25,28)/t22-/m0/s1. The van der Waals surface area contributed by atoms with Gasteiger partial charge in [0.15, 0.2) is 0 Å². The van der Waals surface area contributed by atoms with Crippen LogP contribution in [-0.2, 0) is 9.59 Å². The maximum absolute atomic E-state index is 13.3. The molecule has 0 spiro atoms. The lowest BCUT2D eigenvalue weighted by molar-refractivity contribution is -0.147. The Labute approximate surface area is 169 Å². The minimum Gasteiger partial charge on any atom is -0.497 e. The van der Waals surface area contributed by atoms with Crippen molar-refractivity contribution in [2.24, 2.45) is 0 Å². The summed E-state index contributed by atoms with van der Waals surface area (Å²) in [5.74, 6) is 0.890. The zero-order valence-electron chi connectivity index (χ0n) is 16.9. The van der Waals surface area contributed by atoms with Crippen LogP contribution in [-0.4, -0.2) is 35.4 Å². The molecule has 6 nitrogen and oxygen atoms in total. The summed E-state index contributed by atoms with van der Waals surface area (Å²) in [7, 11) is 1.61. The van der Waals surface area contributed by atoms with E-state index in [4.69, 9.17) is 4.74 Å². The van der Waals surface area contributed by atoms with Crippen LogP contribution in [0.3, 0.4) is 0 Å². The molecule has 2 aromatic carbocycles. The zero-order valence-corrected chi connectivity index (χ0v) is 16.9. The average molecular weight is 391 g/mol. The SMILES string of the molecule is COc1ccc2[nH]cc([C@@H](C(=O)Nc3ccc(C(C)C)cc3)N3CCC3=O)c2c1. The third-order valence-electron chi connectivity index (χ3n) is 5.51. The molecule has 0 saturated carbocycles. The monoisotopic (exact) mass is 391 g/mol. The second kappa shape index (κ2) is 7.62. The van der Waals surface area contributed by atoms with E-state index < -0.39 is 6.04 Å². The molecule has 0 bridgehead atoms. The van der Waals surface area contributed by atoms with Crippen molar-refractivity contribution in [3.05, 3.63) is 59.8 Å². The van der Waals surface area contributed by atoms with Crippen molar-refractivity contribution in [1.82, 2.24) is 9.88 Å². The molecule has 1 saturated heterocycles. The first-order chi connectivity index (χ1) is 14.0. The first kappa shape index (κ1) is 19.1. The highest BCUT2D eigenvalue weighted by Gasteiger charge is 2.38. The average Bonchev–Trinajstić information content (AvgIpc) is 3.13. The minimum absolute atomic E-state index is 0.0162. The highest BCUT2D eigenvalue weighted by Crippen LogP contribution is 2.34. The van der Waals surface area contributed by atoms with Gasteiger partial charge < -0.3 is 19.9 Å². The maximum atomic E-state index is 13.3. The topological polar surface area (TPSA) is 74.4 Å². The van der Waals surface area contributed by atoms with E-state index >= 15 is 0 Å². The predicted molar refractivity (Wildman–Crippen MR) is 113 cm³/mol. The van der Waals surface area contributed by atoms with Crippen LogP contribution in [0.15, 0.2) is 48.7 Å². The van der Waals surface area contributed by atoms with E-state index in [1.165, 1.54) is 5.56 Å². The van der Waals surface area contributed by atoms with Crippen LogP contribution in [0.4, 0.5) is 5.69 Å². The van der Waals surface area contributed by atoms with Crippen molar-refractivity contribution in [1.29, 1.82) is 0 Å². The van der Waals surface area contributed by atoms with Crippen molar-refractivity contribution >= 4 is 28.4 Å². The van der Waals surface area contributed by atoms with Gasteiger partial charge in [-0.05, 0) is 41.8 Å². The molecule has 3 aromatic rings. The van der Waals surface area contributed by atoms with Gasteiger partial charge in [-0.2, -0.15) is 0 Å². The number of fused-ring (bicyclic) bond motifs is 1. The van der Waals surface area contributed by atoms with Crippen LogP contribution in [0.1, 0.15) is 43.4 Å². The van der Waals surface area contributed by atoms with E-state index in [2.05, 4.69) is 24.1 Å². The third-order valence-corrected chi connectivity index (χ3v) is 5.51. The van der Waals surface area contributed by atoms with Gasteiger partial charge in [0.1, 0.15) is 11.8 Å². The summed E-state index contributed by atoms with van der Waals surface area (Å²) in [5.41, 5.74) is 3.59. The van der Waals surface area contributed by atoms with Gasteiger partial charge >= 0.3 is 0 Å². The van der Waals surface area contributed by atoms with Crippen LogP contribution in [0.5, 0.6) is 5.75 Å². The van der Waals surface area contributed by atoms with Crippen molar-refractivity contribution in [2.75, 3.05) is 19.0 Å². The summed E-state index contributed by atoms with van der Waals surface area (Å²) in [6.07, 6.45) is 2.28. The number of methoxy groups -OCH3 is 1. The molecule has 29 heavy (non-hydrogen) atoms. The number of β-lactam (4-membered cyclic amide) rings is 1. The van der Waals surface area contributed by atoms with Gasteiger partial charge in [-0.1, -0.05) is 26.0 Å². The van der Waals surface area contributed by atoms with Crippen LogP contribution in [0, 0.1) is 0 Å². The van der Waals surface area contributed by atoms with E-state index in [0.29, 0.717) is 24.6 Å². The Hall–Kier alpha value is -3.28. The van der Waals surface area contributed by atoms with Crippen LogP contribution < -0.4 is 10.1 Å². The van der Waals surface area contributed by atoms with E-state index in [0.717, 1.165) is 22.2 Å². The molecule has 1 aliphatic rings. The fourth-order valence-electron chi connectivity index (χ4n) is 3.69. The number of H-pyrrole nitrogens is 1. The number of nitrogens with one attached hydrogen (secondary N) is 2. The van der Waals surface area contributed by atoms with Crippen molar-refractivity contribution < 1.29 is 14.3 Å². The molecule has 0 radical (unpaired) electrons. The summed E-state index contributed by atoms with van der Waals surface area (Å²) in [4.78, 5) is 30.3. The first-order valence-electron chi connectivity index (χ1n) is 9.83. The third kappa shape index (κ3) is 3.58. The van der Waals surface area contributed by atoms with Crippen LogP contribution >= 0.6 is 0 Å². The lowest BCUT2D eigenvalue weighted by Crippen LogP contribution is -2.49. The molecule has 150 valence electrons. The second-order valence-corrected chi connectivity index (χ2v) is 7.66. The maximum Gasteiger partial charge on any atom is 0.251 e. The number of amides is 2. The van der Waals surface area contributed by atoms with Crippen molar-refractivity contribution in [3.8, 4) is 5.75 Å². The largest absolute Gasteiger partial charge is 0.497 e. The highest BCUT2D eigenvalue weighted by molar-refractivity contribution is 6.02. The Kier molecular flexibility index (Phi) is 5.01. The molecular formula is C23H25N3O3. The number of benzene rings is 2. The van der Waals surface area contributed by atoms with E-state index in [9.17, 15) is 9.59 Å². The number of anilines is 1. The molecule has 1 aromatic heterocycles. The number of carbonyl (C=O) groups excluding carboxylic acids is 2. The van der Waals surface area contributed by atoms with Gasteiger partial charge in [0.2, 0.25) is 5.91 Å². The molecule has 2 N–H and O–H groups in total. The van der Waals surface area contributed by atoms with E-state index in [1.54, 1.807) is 12.0 Å². The fraction of sp³-hybridized carbons (Fsp3) is 0.304. The smallest absolute Gasteiger partial charge is 0.251 e. The molecule has 0 unspecified atom stereocenters. The first-order valence-corrected chi connectivity index (χ1v) is 9.83. The molecule has 2 amide bonds. The minimum atomic E-state index is -0.693. The normalized spacial score (nSPS) is 14.8. The van der Waals surface area contributed by atoms with Gasteiger partial charge in [0.25, 0.3) is 5.91 Å². The number of hydrogen-bond acceptors (Lipinski definition) is 3. The van der Waals surface area contributed by atoms with Gasteiger partial charge in [0.05, 0.1) is 7.11 Å². The molecule has 0 aliphatic carbocycles. The van der Waals surface area contributed by atoms with E-state index in [-0.39, 0.29) is 11.8 Å². The zero-order chi connectivity index (χ0) is 20.5. The Morgan fingerprint density at radius 1 is 1.17 bits per heavy atom. The summed E-state index contributed by atoms with van der Waals surface area (Å²) in [6.45, 7) is 4.83. The molecule has 1 atom stereocenters. The van der Waals surface area contributed by atoms with Crippen LogP contribution in [0.25, 0.3) is 10.9 Å². The number of likely N-dealkylation sites (tertiary alicyclic amines) is 1. The van der Waals surface area contributed by atoms with Crippen LogP contribution in [0.2, 0.25) is 0 Å². The summed E-state index contributed by atoms with van der Waals surface area (Å²) in [5, 5.41) is 3.86. The Balaban J connectivity index is 1.67. The Morgan fingerprint density at radius 2 is 1.93 bits per heavy atom. The lowest BCUT2D eigenvalue weighted by Gasteiger charge is -2.37. The van der Waals surface area contributed by atoms with E-state index in [1.807, 2.05) is 48.7 Å². The van der Waals surface area contributed by atoms with Gasteiger partial charge in [-0.25, -0.2) is 0 Å². The fourth-order valence-corrected chi connectivity index (χ4v) is 3.69. The van der Waals surface area contributed by atoms with Gasteiger partial charge in [-0.3, -0.25) is 9.59 Å². The van der Waals surface area contributed by atoms with Gasteiger partial charge in [0, 0.05) is 41.3 Å². The number of rotatable bonds is 6. The number of ether oxygens (including phenoxy) is 1. The predicted octanol–water partition coefficient (Wildman–Crippen LogP) is 4.21.